The molecular weight excluding hydrogens is 943 g/mol. The minimum absolute atomic E-state index is 0.00439. The molecule has 8 N–H and O–H groups in total. The zero-order valence-electron chi connectivity index (χ0n) is 39.1. The van der Waals surface area contributed by atoms with Crippen molar-refractivity contribution in [1.82, 2.24) is 55.1 Å². The molecule has 3 amide bonds. The van der Waals surface area contributed by atoms with E-state index in [2.05, 4.69) is 46.1 Å². The van der Waals surface area contributed by atoms with Crippen molar-refractivity contribution in [3.8, 4) is 0 Å². The van der Waals surface area contributed by atoms with Crippen molar-refractivity contribution in [3.63, 3.8) is 0 Å². The highest BCUT2D eigenvalue weighted by Gasteiger charge is 2.29. The Morgan fingerprint density at radius 3 is 1.55 bits per heavy atom. The van der Waals surface area contributed by atoms with Gasteiger partial charge in [-0.3, -0.25) is 33.6 Å². The number of aromatic carboxylic acids is 1. The molecule has 0 atom stereocenters. The first kappa shape index (κ1) is 47.5. The van der Waals surface area contributed by atoms with E-state index in [-0.39, 0.29) is 70.4 Å². The summed E-state index contributed by atoms with van der Waals surface area (Å²) in [5.41, 5.74) is 15.6. The number of aromatic nitrogens is 8. The van der Waals surface area contributed by atoms with E-state index in [1.807, 2.05) is 41.3 Å². The predicted molar refractivity (Wildman–Crippen MR) is 264 cm³/mol. The van der Waals surface area contributed by atoms with Crippen LogP contribution in [-0.4, -0.2) is 87.6 Å². The van der Waals surface area contributed by atoms with Crippen molar-refractivity contribution in [2.75, 3.05) is 40.9 Å². The van der Waals surface area contributed by atoms with Crippen LogP contribution in [0.4, 0.5) is 22.7 Å². The van der Waals surface area contributed by atoms with Crippen LogP contribution in [0.1, 0.15) is 107 Å². The van der Waals surface area contributed by atoms with Crippen LogP contribution >= 0.6 is 0 Å². The molecule has 73 heavy (non-hydrogen) atoms. The van der Waals surface area contributed by atoms with E-state index in [4.69, 9.17) is 11.5 Å². The van der Waals surface area contributed by atoms with Gasteiger partial charge in [0.05, 0.1) is 0 Å². The number of carboxylic acid groups (broad SMARTS) is 1. The maximum atomic E-state index is 13.1. The summed E-state index contributed by atoms with van der Waals surface area (Å²) in [6, 6.07) is 14.3. The van der Waals surface area contributed by atoms with Gasteiger partial charge in [0.25, 0.3) is 51.0 Å². The molecule has 6 heterocycles. The Bertz CT molecular complexity index is 3670. The highest BCUT2D eigenvalue weighted by Crippen LogP contribution is 2.28. The third kappa shape index (κ3) is 9.32. The van der Waals surface area contributed by atoms with Crippen LogP contribution < -0.4 is 58.9 Å². The Kier molecular flexibility index (Phi) is 12.7. The van der Waals surface area contributed by atoms with Crippen molar-refractivity contribution in [2.45, 2.75) is 71.1 Å². The SMILES string of the molecule is Nc1c(N2CCc3ccc(CNC(=O)c4cc(C(=O)NCC5CCCCC5)n5ncnc5n4)cc3C2)c(=O)c1=O.Nc1c(N2CCc3ccc(CNC(=O)c4cc(C(=O)O)n5ncnc5n4)cc3C2)c(=O)c1=O. The van der Waals surface area contributed by atoms with E-state index in [1.54, 1.807) is 4.90 Å². The molecule has 24 heteroatoms. The van der Waals surface area contributed by atoms with E-state index >= 15 is 0 Å². The fourth-order valence-corrected chi connectivity index (χ4v) is 9.68. The second kappa shape index (κ2) is 19.5. The highest BCUT2D eigenvalue weighted by molar-refractivity contribution is 5.98. The number of hydrogen-bond acceptors (Lipinski definition) is 18. The topological polar surface area (TPSA) is 338 Å². The van der Waals surface area contributed by atoms with E-state index in [1.165, 1.54) is 36.2 Å². The molecule has 4 aromatic carbocycles. The Hall–Kier alpha value is -9.22. The quantitative estimate of drug-likeness (QED) is 0.0913. The molecule has 0 unspecified atom stereocenters. The Morgan fingerprint density at radius 2 is 1.07 bits per heavy atom. The second-order valence-corrected chi connectivity index (χ2v) is 18.3. The third-order valence-electron chi connectivity index (χ3n) is 13.6. The van der Waals surface area contributed by atoms with Gasteiger partial charge in [0.1, 0.15) is 52.5 Å². The van der Waals surface area contributed by atoms with E-state index < -0.39 is 39.5 Å². The van der Waals surface area contributed by atoms with Gasteiger partial charge in [-0.15, -0.1) is 0 Å². The minimum atomic E-state index is -1.26. The summed E-state index contributed by atoms with van der Waals surface area (Å²) in [6.45, 7) is 3.07. The number of fused-ring (bicyclic) bond motifs is 4. The normalized spacial score (nSPS) is 14.6. The van der Waals surface area contributed by atoms with Crippen molar-refractivity contribution in [1.29, 1.82) is 0 Å². The lowest BCUT2D eigenvalue weighted by molar-refractivity contribution is 0.0686. The number of carboxylic acids is 1. The number of nitrogen functional groups attached to an aromatic ring is 2. The van der Waals surface area contributed by atoms with Crippen LogP contribution in [0.25, 0.3) is 11.6 Å². The lowest BCUT2D eigenvalue weighted by Crippen LogP contribution is -2.44. The number of nitrogens with two attached hydrogens (primary N) is 2. The smallest absolute Gasteiger partial charge is 0.354 e. The third-order valence-corrected chi connectivity index (χ3v) is 13.6. The van der Waals surface area contributed by atoms with Crippen molar-refractivity contribution in [3.05, 3.63) is 158 Å². The summed E-state index contributed by atoms with van der Waals surface area (Å²) in [4.78, 5) is 117. The van der Waals surface area contributed by atoms with Crippen LogP contribution in [0.3, 0.4) is 0 Å². The number of hydrogen-bond donors (Lipinski definition) is 6. The number of anilines is 4. The fourth-order valence-electron chi connectivity index (χ4n) is 9.68. The van der Waals surface area contributed by atoms with Gasteiger partial charge in [0.15, 0.2) is 5.69 Å². The Morgan fingerprint density at radius 1 is 0.589 bits per heavy atom. The van der Waals surface area contributed by atoms with Gasteiger partial charge in [0, 0.05) is 57.9 Å². The zero-order chi connectivity index (χ0) is 51.1. The average molecular weight is 990 g/mol. The van der Waals surface area contributed by atoms with E-state index in [0.717, 1.165) is 63.1 Å². The minimum Gasteiger partial charge on any atom is -0.477 e. The number of rotatable bonds is 12. The summed E-state index contributed by atoms with van der Waals surface area (Å²) in [5.74, 6) is -1.94. The lowest BCUT2D eigenvalue weighted by Gasteiger charge is -2.32. The maximum absolute atomic E-state index is 13.1. The number of carbonyl (C=O) groups excluding carboxylic acids is 3. The first-order chi connectivity index (χ1) is 35.2. The second-order valence-electron chi connectivity index (χ2n) is 18.3. The van der Waals surface area contributed by atoms with Crippen molar-refractivity contribution in [2.24, 2.45) is 5.92 Å². The molecule has 1 fully saturated rings. The molecule has 24 nitrogen and oxygen atoms in total. The molecule has 4 aromatic heterocycles. The summed E-state index contributed by atoms with van der Waals surface area (Å²) < 4.78 is 2.38. The van der Waals surface area contributed by atoms with Gasteiger partial charge in [-0.1, -0.05) is 55.7 Å². The van der Waals surface area contributed by atoms with Crippen LogP contribution in [0.15, 0.2) is 80.4 Å². The monoisotopic (exact) mass is 989 g/mol. The maximum Gasteiger partial charge on any atom is 0.354 e. The van der Waals surface area contributed by atoms with Gasteiger partial charge in [-0.05, 0) is 65.0 Å². The molecule has 0 bridgehead atoms. The van der Waals surface area contributed by atoms with Crippen molar-refractivity contribution < 1.29 is 24.3 Å². The first-order valence-corrected chi connectivity index (χ1v) is 23.6. The average Bonchev–Trinajstić information content (AvgIpc) is 4.11. The first-order valence-electron chi connectivity index (χ1n) is 23.6. The number of nitrogens with zero attached hydrogens (tertiary/aromatic N) is 10. The van der Waals surface area contributed by atoms with Crippen LogP contribution in [0.2, 0.25) is 0 Å². The largest absolute Gasteiger partial charge is 0.477 e. The molecule has 2 aliphatic heterocycles. The highest BCUT2D eigenvalue weighted by atomic mass is 16.4. The standard InChI is InChI=1S/C28H30N8O4.C21H17N7O5/c29-22-23(25(38)24(22)37)35-9-8-18-7-6-17(10-19(18)14-35)13-30-26(39)20-11-21(36-28(34-20)32-15-33-36)27(40)31-12-16-4-2-1-3-5-16;22-15-16(18(30)17(15)29)27-4-3-11-2-1-10(5-12(11)8-27)7-23-19(31)13-6-14(20(32)33)28-21(26-13)24-9-25-28/h6-7,10-11,15-16H,1-5,8-9,12-14,29H2,(H,30,39)(H,31,40);1-2,5-6,9H,3-4,7-8,22H2,(H,23,31)(H,32,33). The van der Waals surface area contributed by atoms with Crippen LogP contribution in [0.5, 0.6) is 0 Å². The molecule has 1 saturated carbocycles. The molecule has 0 radical (unpaired) electrons. The summed E-state index contributed by atoms with van der Waals surface area (Å²) in [5, 5.41) is 25.8. The Labute approximate surface area is 412 Å². The van der Waals surface area contributed by atoms with Gasteiger partial charge >= 0.3 is 5.97 Å². The molecular formula is C49H47N15O9. The molecule has 0 saturated heterocycles. The number of amides is 3. The fraction of sp³-hybridized carbons (Fsp3) is 0.306. The molecule has 1 aliphatic carbocycles. The Balaban J connectivity index is 0.000000171. The zero-order valence-corrected chi connectivity index (χ0v) is 39.1. The number of carbonyl (C=O) groups is 4. The molecule has 3 aliphatic rings. The molecule has 8 aromatic rings. The van der Waals surface area contributed by atoms with Crippen molar-refractivity contribution >= 4 is 58.0 Å². The summed E-state index contributed by atoms with van der Waals surface area (Å²) >= 11 is 0. The number of nitrogens with one attached hydrogen (secondary N) is 3. The van der Waals surface area contributed by atoms with Gasteiger partial charge in [0.2, 0.25) is 0 Å². The van der Waals surface area contributed by atoms with Gasteiger partial charge in [-0.25, -0.2) is 14.8 Å². The van der Waals surface area contributed by atoms with E-state index in [9.17, 15) is 43.5 Å². The molecule has 11 rings (SSSR count). The molecule has 372 valence electrons. The lowest BCUT2D eigenvalue weighted by atomic mass is 9.89. The van der Waals surface area contributed by atoms with E-state index in [0.29, 0.717) is 57.2 Å². The number of benzene rings is 2. The molecule has 0 spiro atoms. The van der Waals surface area contributed by atoms with Crippen LogP contribution in [-0.2, 0) is 39.0 Å². The van der Waals surface area contributed by atoms with Gasteiger partial charge < -0.3 is 42.3 Å². The van der Waals surface area contributed by atoms with Crippen LogP contribution in [0, 0.1) is 5.92 Å². The van der Waals surface area contributed by atoms with Gasteiger partial charge in [-0.2, -0.15) is 29.2 Å². The summed E-state index contributed by atoms with van der Waals surface area (Å²) in [6.07, 6.45) is 9.69. The predicted octanol–water partition coefficient (Wildman–Crippen LogP) is 0.599. The summed E-state index contributed by atoms with van der Waals surface area (Å²) in [7, 11) is 0.